The van der Waals surface area contributed by atoms with E-state index in [0.717, 1.165) is 6.42 Å². The van der Waals surface area contributed by atoms with E-state index in [2.05, 4.69) is 24.5 Å². The number of morpholine rings is 1. The van der Waals surface area contributed by atoms with E-state index in [4.69, 9.17) is 4.74 Å². The van der Waals surface area contributed by atoms with Gasteiger partial charge >= 0.3 is 0 Å². The minimum absolute atomic E-state index is 0.112. The van der Waals surface area contributed by atoms with Gasteiger partial charge in [-0.15, -0.1) is 0 Å². The Kier molecular flexibility index (Phi) is 7.32. The number of benzene rings is 1. The van der Waals surface area contributed by atoms with Gasteiger partial charge in [0.05, 0.1) is 24.2 Å². The van der Waals surface area contributed by atoms with E-state index in [-0.39, 0.29) is 16.8 Å². The minimum atomic E-state index is -3.53. The molecule has 0 aromatic heterocycles. The van der Waals surface area contributed by atoms with Gasteiger partial charge < -0.3 is 15.4 Å². The lowest BCUT2D eigenvalue weighted by Crippen LogP contribution is -2.49. The molecule has 1 aromatic carbocycles. The third-order valence-electron chi connectivity index (χ3n) is 6.29. The van der Waals surface area contributed by atoms with Crippen molar-refractivity contribution in [2.75, 3.05) is 31.6 Å². The summed E-state index contributed by atoms with van der Waals surface area (Å²) in [6.45, 7) is 7.95. The molecule has 3 rings (SSSR count). The van der Waals surface area contributed by atoms with Crippen molar-refractivity contribution in [3.8, 4) is 0 Å². The quantitative estimate of drug-likeness (QED) is 0.734. The number of carbonyl (C=O) groups excluding carboxylic acids is 1. The topological polar surface area (TPSA) is 87.7 Å². The lowest BCUT2D eigenvalue weighted by molar-refractivity contribution is -0.118. The number of ether oxygens (including phenoxy) is 1. The van der Waals surface area contributed by atoms with Crippen LogP contribution >= 0.6 is 0 Å². The Balaban J connectivity index is 1.58. The number of amides is 1. The Bertz CT molecular complexity index is 791. The van der Waals surface area contributed by atoms with Crippen LogP contribution in [0.1, 0.15) is 40.0 Å². The van der Waals surface area contributed by atoms with Crippen molar-refractivity contribution < 1.29 is 17.9 Å². The van der Waals surface area contributed by atoms with Crippen LogP contribution < -0.4 is 10.6 Å². The molecule has 1 aliphatic carbocycles. The first-order chi connectivity index (χ1) is 13.8. The van der Waals surface area contributed by atoms with Gasteiger partial charge in [0.25, 0.3) is 0 Å². The lowest BCUT2D eigenvalue weighted by Gasteiger charge is -2.36. The van der Waals surface area contributed by atoms with Gasteiger partial charge in [0.15, 0.2) is 0 Å². The highest BCUT2D eigenvalue weighted by molar-refractivity contribution is 7.89. The monoisotopic (exact) mass is 423 g/mol. The fraction of sp³-hybridized carbons (Fsp3) is 0.667. The fourth-order valence-corrected chi connectivity index (χ4v) is 5.52. The van der Waals surface area contributed by atoms with Crippen molar-refractivity contribution in [3.63, 3.8) is 0 Å². The zero-order valence-electron chi connectivity index (χ0n) is 17.6. The number of hydrogen-bond donors (Lipinski definition) is 2. The highest BCUT2D eigenvalue weighted by Crippen LogP contribution is 2.29. The van der Waals surface area contributed by atoms with Crippen molar-refractivity contribution in [2.45, 2.75) is 57.0 Å². The first-order valence-electron chi connectivity index (χ1n) is 10.5. The Labute approximate surface area is 174 Å². The summed E-state index contributed by atoms with van der Waals surface area (Å²) >= 11 is 0. The molecule has 0 unspecified atom stereocenters. The summed E-state index contributed by atoms with van der Waals surface area (Å²) in [6.07, 6.45) is 3.54. The summed E-state index contributed by atoms with van der Waals surface area (Å²) in [5.41, 5.74) is 0.592. The molecule has 0 radical (unpaired) electrons. The van der Waals surface area contributed by atoms with Gasteiger partial charge in [0, 0.05) is 24.8 Å². The number of sulfonamides is 1. The molecule has 1 aromatic rings. The summed E-state index contributed by atoms with van der Waals surface area (Å²) in [5, 5.41) is 6.36. The van der Waals surface area contributed by atoms with E-state index in [9.17, 15) is 13.2 Å². The molecule has 4 atom stereocenters. The van der Waals surface area contributed by atoms with E-state index in [1.54, 1.807) is 24.3 Å². The van der Waals surface area contributed by atoms with Crippen LogP contribution in [0.4, 0.5) is 5.69 Å². The van der Waals surface area contributed by atoms with Gasteiger partial charge in [0.1, 0.15) is 0 Å². The maximum atomic E-state index is 12.7. The molecule has 2 aliphatic rings. The smallest absolute Gasteiger partial charge is 0.243 e. The predicted octanol–water partition coefficient (Wildman–Crippen LogP) is 2.45. The van der Waals surface area contributed by atoms with E-state index in [1.807, 2.05) is 6.92 Å². The number of hydrogen-bond acceptors (Lipinski definition) is 5. The highest BCUT2D eigenvalue weighted by atomic mass is 32.2. The third-order valence-corrected chi connectivity index (χ3v) is 8.21. The predicted molar refractivity (Wildman–Crippen MR) is 113 cm³/mol. The van der Waals surface area contributed by atoms with Crippen LogP contribution in [0.25, 0.3) is 0 Å². The van der Waals surface area contributed by atoms with Crippen LogP contribution in [0.15, 0.2) is 29.2 Å². The van der Waals surface area contributed by atoms with Crippen LogP contribution in [0.5, 0.6) is 0 Å². The molecule has 1 amide bonds. The zero-order valence-corrected chi connectivity index (χ0v) is 18.4. The Hall–Kier alpha value is -1.48. The Morgan fingerprint density at radius 1 is 1.14 bits per heavy atom. The van der Waals surface area contributed by atoms with Crippen LogP contribution in [-0.4, -0.2) is 57.0 Å². The second-order valence-corrected chi connectivity index (χ2v) is 10.2. The molecular formula is C21H33N3O4S. The zero-order chi connectivity index (χ0) is 21.0. The molecule has 2 fully saturated rings. The molecule has 2 N–H and O–H groups in total. The molecule has 1 saturated heterocycles. The average Bonchev–Trinajstić information content (AvgIpc) is 2.72. The van der Waals surface area contributed by atoms with Gasteiger partial charge in [0.2, 0.25) is 15.9 Å². The van der Waals surface area contributed by atoms with E-state index in [0.29, 0.717) is 49.9 Å². The molecule has 0 bridgehead atoms. The third kappa shape index (κ3) is 5.36. The molecule has 1 heterocycles. The van der Waals surface area contributed by atoms with Crippen LogP contribution in [0, 0.1) is 11.8 Å². The Morgan fingerprint density at radius 3 is 2.45 bits per heavy atom. The fourth-order valence-electron chi connectivity index (χ4n) is 4.11. The minimum Gasteiger partial charge on any atom is -0.379 e. The highest BCUT2D eigenvalue weighted by Gasteiger charge is 2.29. The van der Waals surface area contributed by atoms with Gasteiger partial charge in [-0.05, 0) is 49.4 Å². The van der Waals surface area contributed by atoms with Crippen molar-refractivity contribution >= 4 is 21.6 Å². The normalized spacial score (nSPS) is 27.3. The summed E-state index contributed by atoms with van der Waals surface area (Å²) in [4.78, 5) is 12.8. The Morgan fingerprint density at radius 2 is 1.79 bits per heavy atom. The number of rotatable bonds is 6. The standard InChI is InChI=1S/C21H33N3O4S/c1-15-5-4-6-20(16(15)2)22-17(3)21(25)23-18-7-9-19(10-8-18)29(26,27)24-11-13-28-14-12-24/h7-10,15-17,20,22H,4-6,11-14H2,1-3H3,(H,23,25)/t15-,16-,17+,20-/m1/s1. The van der Waals surface area contributed by atoms with Crippen molar-refractivity contribution in [1.29, 1.82) is 0 Å². The number of anilines is 1. The van der Waals surface area contributed by atoms with Crippen molar-refractivity contribution in [3.05, 3.63) is 24.3 Å². The van der Waals surface area contributed by atoms with Crippen LogP contribution in [0.2, 0.25) is 0 Å². The van der Waals surface area contributed by atoms with E-state index < -0.39 is 10.0 Å². The van der Waals surface area contributed by atoms with Crippen molar-refractivity contribution in [1.82, 2.24) is 9.62 Å². The van der Waals surface area contributed by atoms with E-state index in [1.165, 1.54) is 17.1 Å². The summed E-state index contributed by atoms with van der Waals surface area (Å²) in [7, 11) is -3.53. The first kappa shape index (κ1) is 22.2. The van der Waals surface area contributed by atoms with Gasteiger partial charge in [-0.1, -0.05) is 26.7 Å². The molecule has 0 spiro atoms. The summed E-state index contributed by atoms with van der Waals surface area (Å²) < 4.78 is 32.0. The molecular weight excluding hydrogens is 390 g/mol. The molecule has 1 aliphatic heterocycles. The van der Waals surface area contributed by atoms with Crippen LogP contribution in [-0.2, 0) is 19.6 Å². The molecule has 1 saturated carbocycles. The molecule has 29 heavy (non-hydrogen) atoms. The molecule has 8 heteroatoms. The van der Waals surface area contributed by atoms with Crippen LogP contribution in [0.3, 0.4) is 0 Å². The number of nitrogens with one attached hydrogen (secondary N) is 2. The summed E-state index contributed by atoms with van der Waals surface area (Å²) in [5.74, 6) is 1.10. The number of carbonyl (C=O) groups is 1. The number of nitrogens with zero attached hydrogens (tertiary/aromatic N) is 1. The average molecular weight is 424 g/mol. The largest absolute Gasteiger partial charge is 0.379 e. The summed E-state index contributed by atoms with van der Waals surface area (Å²) in [6, 6.07) is 6.41. The second kappa shape index (κ2) is 9.55. The molecule has 7 nitrogen and oxygen atoms in total. The second-order valence-electron chi connectivity index (χ2n) is 8.29. The molecule has 162 valence electrons. The van der Waals surface area contributed by atoms with Gasteiger partial charge in [-0.3, -0.25) is 4.79 Å². The first-order valence-corrected chi connectivity index (χ1v) is 12.0. The maximum absolute atomic E-state index is 12.7. The van der Waals surface area contributed by atoms with E-state index >= 15 is 0 Å². The van der Waals surface area contributed by atoms with Gasteiger partial charge in [-0.25, -0.2) is 8.42 Å². The van der Waals surface area contributed by atoms with Gasteiger partial charge in [-0.2, -0.15) is 4.31 Å². The SMILES string of the molecule is C[C@@H]1[C@H](C)CCC[C@H]1N[C@@H](C)C(=O)Nc1ccc(S(=O)(=O)N2CCOCC2)cc1. The van der Waals surface area contributed by atoms with Crippen molar-refractivity contribution in [2.24, 2.45) is 11.8 Å². The lowest BCUT2D eigenvalue weighted by atomic mass is 9.78. The maximum Gasteiger partial charge on any atom is 0.243 e.